The Bertz CT molecular complexity index is 1040. The van der Waals surface area contributed by atoms with Crippen molar-refractivity contribution in [3.8, 4) is 17.1 Å². The van der Waals surface area contributed by atoms with Crippen LogP contribution in [0, 0.1) is 5.92 Å². The predicted octanol–water partition coefficient (Wildman–Crippen LogP) is 4.63. The fourth-order valence-corrected chi connectivity index (χ4v) is 3.96. The van der Waals surface area contributed by atoms with Gasteiger partial charge in [0.05, 0.1) is 17.3 Å². The highest BCUT2D eigenvalue weighted by Crippen LogP contribution is 2.25. The third kappa shape index (κ3) is 4.99. The zero-order valence-electron chi connectivity index (χ0n) is 15.5. The Hall–Kier alpha value is -2.64. The molecule has 0 fully saturated rings. The van der Waals surface area contributed by atoms with Gasteiger partial charge in [-0.25, -0.2) is 8.42 Å². The number of aromatic nitrogens is 2. The molecule has 6 nitrogen and oxygen atoms in total. The van der Waals surface area contributed by atoms with E-state index in [0.29, 0.717) is 29.8 Å². The molecule has 0 amide bonds. The molecule has 8 heteroatoms. The van der Waals surface area contributed by atoms with Gasteiger partial charge in [-0.15, -0.1) is 10.2 Å². The number of benzene rings is 2. The van der Waals surface area contributed by atoms with Crippen LogP contribution in [0.1, 0.15) is 13.8 Å². The van der Waals surface area contributed by atoms with Gasteiger partial charge in [0.15, 0.2) is 0 Å². The van der Waals surface area contributed by atoms with Crippen LogP contribution in [-0.2, 0) is 10.0 Å². The average Bonchev–Trinajstić information content (AvgIpc) is 2.67. The number of ether oxygens (including phenoxy) is 1. The number of anilines is 1. The molecule has 0 bridgehead atoms. The fraction of sp³-hybridized carbons (Fsp3) is 0.200. The van der Waals surface area contributed by atoms with Crippen molar-refractivity contribution in [1.29, 1.82) is 0 Å². The van der Waals surface area contributed by atoms with Gasteiger partial charge in [-0.05, 0) is 36.2 Å². The first-order valence-electron chi connectivity index (χ1n) is 8.69. The third-order valence-corrected chi connectivity index (χ3v) is 5.64. The third-order valence-electron chi connectivity index (χ3n) is 3.76. The Morgan fingerprint density at radius 2 is 1.71 bits per heavy atom. The van der Waals surface area contributed by atoms with Gasteiger partial charge in [0.2, 0.25) is 5.88 Å². The van der Waals surface area contributed by atoms with Crippen LogP contribution in [0.15, 0.2) is 65.6 Å². The first kappa shape index (κ1) is 20.1. The van der Waals surface area contributed by atoms with Crippen molar-refractivity contribution in [3.63, 3.8) is 0 Å². The molecular formula is C20H20ClN3O3S. The molecule has 0 aliphatic heterocycles. The number of hydrogen-bond donors (Lipinski definition) is 1. The van der Waals surface area contributed by atoms with Gasteiger partial charge < -0.3 is 4.74 Å². The summed E-state index contributed by atoms with van der Waals surface area (Å²) in [6.07, 6.45) is 0. The summed E-state index contributed by atoms with van der Waals surface area (Å²) in [4.78, 5) is 0.0311. The first-order valence-corrected chi connectivity index (χ1v) is 10.6. The summed E-state index contributed by atoms with van der Waals surface area (Å²) in [7, 11) is -3.77. The van der Waals surface area contributed by atoms with Gasteiger partial charge in [-0.1, -0.05) is 49.7 Å². The molecule has 3 aromatic rings. The first-order chi connectivity index (χ1) is 13.3. The van der Waals surface area contributed by atoms with E-state index in [-0.39, 0.29) is 9.92 Å². The molecule has 1 heterocycles. The molecule has 0 atom stereocenters. The molecule has 0 saturated heterocycles. The summed E-state index contributed by atoms with van der Waals surface area (Å²) in [6, 6.07) is 16.7. The molecular weight excluding hydrogens is 398 g/mol. The molecule has 28 heavy (non-hydrogen) atoms. The van der Waals surface area contributed by atoms with E-state index >= 15 is 0 Å². The smallest absolute Gasteiger partial charge is 0.263 e. The monoisotopic (exact) mass is 417 g/mol. The van der Waals surface area contributed by atoms with Crippen molar-refractivity contribution < 1.29 is 13.2 Å². The maximum atomic E-state index is 12.5. The Kier molecular flexibility index (Phi) is 6.16. The van der Waals surface area contributed by atoms with E-state index in [1.54, 1.807) is 42.5 Å². The number of sulfonamides is 1. The van der Waals surface area contributed by atoms with Crippen molar-refractivity contribution in [3.05, 3.63) is 65.7 Å². The van der Waals surface area contributed by atoms with Gasteiger partial charge >= 0.3 is 0 Å². The maximum absolute atomic E-state index is 12.5. The number of nitrogens with one attached hydrogen (secondary N) is 1. The minimum Gasteiger partial charge on any atom is -0.476 e. The van der Waals surface area contributed by atoms with Gasteiger partial charge in [-0.2, -0.15) is 0 Å². The Morgan fingerprint density at radius 3 is 2.32 bits per heavy atom. The van der Waals surface area contributed by atoms with Crippen LogP contribution in [0.5, 0.6) is 5.88 Å². The van der Waals surface area contributed by atoms with E-state index in [1.165, 1.54) is 12.1 Å². The molecule has 2 aromatic carbocycles. The van der Waals surface area contributed by atoms with Crippen LogP contribution in [0.2, 0.25) is 5.02 Å². The number of halogens is 1. The van der Waals surface area contributed by atoms with Gasteiger partial charge in [0.1, 0.15) is 4.90 Å². The molecule has 0 aliphatic carbocycles. The second kappa shape index (κ2) is 8.58. The largest absolute Gasteiger partial charge is 0.476 e. The summed E-state index contributed by atoms with van der Waals surface area (Å²) >= 11 is 5.99. The Labute approximate surface area is 169 Å². The zero-order chi connectivity index (χ0) is 20.1. The lowest BCUT2D eigenvalue weighted by molar-refractivity contribution is 0.258. The van der Waals surface area contributed by atoms with E-state index in [9.17, 15) is 8.42 Å². The topological polar surface area (TPSA) is 81.2 Å². The van der Waals surface area contributed by atoms with E-state index in [4.69, 9.17) is 16.3 Å². The molecule has 146 valence electrons. The molecule has 3 rings (SSSR count). The van der Waals surface area contributed by atoms with Crippen LogP contribution in [0.4, 0.5) is 5.69 Å². The van der Waals surface area contributed by atoms with Crippen LogP contribution in [-0.4, -0.2) is 25.2 Å². The summed E-state index contributed by atoms with van der Waals surface area (Å²) in [5.74, 6) is 0.880. The number of rotatable bonds is 7. The normalized spacial score (nSPS) is 11.4. The molecule has 0 spiro atoms. The summed E-state index contributed by atoms with van der Waals surface area (Å²) in [6.45, 7) is 4.70. The van der Waals surface area contributed by atoms with Crippen molar-refractivity contribution in [2.45, 2.75) is 18.7 Å². The molecule has 0 radical (unpaired) electrons. The van der Waals surface area contributed by atoms with Gasteiger partial charge in [0.25, 0.3) is 10.0 Å². The molecule has 0 unspecified atom stereocenters. The van der Waals surface area contributed by atoms with Crippen LogP contribution in [0.25, 0.3) is 11.3 Å². The molecule has 1 N–H and O–H groups in total. The highest BCUT2D eigenvalue weighted by molar-refractivity contribution is 7.92. The summed E-state index contributed by atoms with van der Waals surface area (Å²) in [5, 5.41) is 8.39. The zero-order valence-corrected chi connectivity index (χ0v) is 17.0. The number of nitrogens with zero attached hydrogens (tertiary/aromatic N) is 2. The van der Waals surface area contributed by atoms with Gasteiger partial charge in [0, 0.05) is 17.3 Å². The Balaban J connectivity index is 1.72. The van der Waals surface area contributed by atoms with Crippen molar-refractivity contribution in [1.82, 2.24) is 10.2 Å². The van der Waals surface area contributed by atoms with Gasteiger partial charge in [-0.3, -0.25) is 4.72 Å². The minimum atomic E-state index is -3.77. The summed E-state index contributed by atoms with van der Waals surface area (Å²) in [5.41, 5.74) is 1.90. The maximum Gasteiger partial charge on any atom is 0.263 e. The summed E-state index contributed by atoms with van der Waals surface area (Å²) < 4.78 is 33.0. The molecule has 0 aliphatic rings. The Morgan fingerprint density at radius 1 is 1.00 bits per heavy atom. The van der Waals surface area contributed by atoms with Crippen molar-refractivity contribution >= 4 is 27.3 Å². The number of hydrogen-bond acceptors (Lipinski definition) is 5. The lowest BCUT2D eigenvalue weighted by Gasteiger charge is -2.10. The van der Waals surface area contributed by atoms with Crippen molar-refractivity contribution in [2.75, 3.05) is 11.3 Å². The average molecular weight is 418 g/mol. The highest BCUT2D eigenvalue weighted by atomic mass is 35.5. The van der Waals surface area contributed by atoms with E-state index in [1.807, 2.05) is 6.07 Å². The predicted molar refractivity (Wildman–Crippen MR) is 110 cm³/mol. The second-order valence-electron chi connectivity index (χ2n) is 6.57. The van der Waals surface area contributed by atoms with E-state index in [2.05, 4.69) is 28.8 Å². The highest BCUT2D eigenvalue weighted by Gasteiger charge is 2.17. The lowest BCUT2D eigenvalue weighted by Crippen LogP contribution is -2.13. The van der Waals surface area contributed by atoms with Crippen LogP contribution < -0.4 is 9.46 Å². The fourth-order valence-electron chi connectivity index (χ4n) is 2.38. The quantitative estimate of drug-likeness (QED) is 0.606. The van der Waals surface area contributed by atoms with E-state index < -0.39 is 10.0 Å². The molecule has 1 aromatic heterocycles. The van der Waals surface area contributed by atoms with E-state index in [0.717, 1.165) is 5.56 Å². The standard InChI is InChI=1S/C20H20ClN3O3S/c1-14(2)13-27-20-12-11-18(22-23-20)15-7-9-16(10-8-15)24-28(25,26)19-6-4-3-5-17(19)21/h3-12,14,24H,13H2,1-2H3. The molecule has 0 saturated carbocycles. The minimum absolute atomic E-state index is 0.0311. The lowest BCUT2D eigenvalue weighted by atomic mass is 10.1. The SMILES string of the molecule is CC(C)COc1ccc(-c2ccc(NS(=O)(=O)c3ccccc3Cl)cc2)nn1. The van der Waals surface area contributed by atoms with Crippen LogP contribution >= 0.6 is 11.6 Å². The second-order valence-corrected chi connectivity index (χ2v) is 8.63. The van der Waals surface area contributed by atoms with Crippen molar-refractivity contribution in [2.24, 2.45) is 5.92 Å². The van der Waals surface area contributed by atoms with Crippen LogP contribution in [0.3, 0.4) is 0 Å².